The van der Waals surface area contributed by atoms with Gasteiger partial charge in [-0.2, -0.15) is 13.2 Å². The van der Waals surface area contributed by atoms with E-state index in [1.54, 1.807) is 12.1 Å². The van der Waals surface area contributed by atoms with Crippen LogP contribution >= 0.6 is 11.8 Å². The molecule has 5 rings (SSSR count). The van der Waals surface area contributed by atoms with E-state index in [1.165, 1.54) is 22.7 Å². The lowest BCUT2D eigenvalue weighted by molar-refractivity contribution is -0.159. The number of benzene rings is 3. The standard InChI is InChI=1S/C25H22F3N3OS.C2H2O4/c26-25(27,28)18-10-11-23-21(16-18)31(20-8-4-5-9-22(20)33-23)24(32)17-29-12-14-30(15-13-29)19-6-2-1-3-7-19;3-1(4)2(5)6/h1-11,16H,12-15,17H2;(H,3,4)(H,5,6). The van der Waals surface area contributed by atoms with Gasteiger partial charge in [0.25, 0.3) is 0 Å². The van der Waals surface area contributed by atoms with Gasteiger partial charge in [-0.15, -0.1) is 0 Å². The Bertz CT molecular complexity index is 1350. The molecule has 0 radical (unpaired) electrons. The van der Waals surface area contributed by atoms with Crippen molar-refractivity contribution in [1.29, 1.82) is 0 Å². The maximum Gasteiger partial charge on any atom is 0.416 e. The first-order valence-electron chi connectivity index (χ1n) is 11.8. The number of carboxylic acid groups (broad SMARTS) is 2. The number of para-hydroxylation sites is 2. The lowest BCUT2D eigenvalue weighted by Gasteiger charge is -2.37. The molecule has 39 heavy (non-hydrogen) atoms. The van der Waals surface area contributed by atoms with Crippen LogP contribution in [0.3, 0.4) is 0 Å². The third-order valence-electron chi connectivity index (χ3n) is 6.14. The van der Waals surface area contributed by atoms with Crippen LogP contribution in [0.2, 0.25) is 0 Å². The molecule has 2 aliphatic rings. The summed E-state index contributed by atoms with van der Waals surface area (Å²) < 4.78 is 40.2. The van der Waals surface area contributed by atoms with Gasteiger partial charge in [0.05, 0.1) is 23.5 Å². The average molecular weight is 560 g/mol. The van der Waals surface area contributed by atoms with Gasteiger partial charge in [-0.1, -0.05) is 42.1 Å². The fraction of sp³-hybridized carbons (Fsp3) is 0.222. The lowest BCUT2D eigenvalue weighted by atomic mass is 10.1. The number of halogens is 3. The van der Waals surface area contributed by atoms with Crippen LogP contribution in [0, 0.1) is 0 Å². The van der Waals surface area contributed by atoms with Crippen LogP contribution in [0.25, 0.3) is 0 Å². The van der Waals surface area contributed by atoms with Crippen LogP contribution in [-0.2, 0) is 20.6 Å². The first kappa shape index (κ1) is 28.0. The number of fused-ring (bicyclic) bond motifs is 2. The van der Waals surface area contributed by atoms with E-state index in [0.29, 0.717) is 29.4 Å². The monoisotopic (exact) mass is 559 g/mol. The third-order valence-corrected chi connectivity index (χ3v) is 7.27. The van der Waals surface area contributed by atoms with E-state index in [1.807, 2.05) is 30.3 Å². The van der Waals surface area contributed by atoms with Crippen molar-refractivity contribution in [1.82, 2.24) is 4.90 Å². The molecule has 3 aromatic carbocycles. The van der Waals surface area contributed by atoms with Crippen molar-refractivity contribution < 1.29 is 37.8 Å². The van der Waals surface area contributed by atoms with Gasteiger partial charge in [0, 0.05) is 41.7 Å². The number of amides is 1. The lowest BCUT2D eigenvalue weighted by Crippen LogP contribution is -2.49. The Morgan fingerprint density at radius 3 is 1.97 bits per heavy atom. The number of hydrogen-bond acceptors (Lipinski definition) is 6. The minimum absolute atomic E-state index is 0.150. The van der Waals surface area contributed by atoms with Crippen molar-refractivity contribution in [3.8, 4) is 0 Å². The zero-order valence-corrected chi connectivity index (χ0v) is 21.3. The molecule has 8 nitrogen and oxygen atoms in total. The molecule has 2 aliphatic heterocycles. The van der Waals surface area contributed by atoms with E-state index in [-0.39, 0.29) is 12.5 Å². The molecule has 2 N–H and O–H groups in total. The quantitative estimate of drug-likeness (QED) is 0.441. The van der Waals surface area contributed by atoms with Gasteiger partial charge in [0.2, 0.25) is 5.91 Å². The minimum Gasteiger partial charge on any atom is -0.473 e. The highest BCUT2D eigenvalue weighted by atomic mass is 32.2. The van der Waals surface area contributed by atoms with E-state index in [2.05, 4.69) is 21.9 Å². The minimum atomic E-state index is -4.47. The first-order valence-corrected chi connectivity index (χ1v) is 12.7. The highest BCUT2D eigenvalue weighted by Crippen LogP contribution is 2.49. The number of nitrogens with zero attached hydrogens (tertiary/aromatic N) is 3. The molecule has 0 atom stereocenters. The Balaban J connectivity index is 0.000000531. The summed E-state index contributed by atoms with van der Waals surface area (Å²) in [5.74, 6) is -3.87. The molecule has 204 valence electrons. The normalized spacial score (nSPS) is 14.9. The fourth-order valence-corrected chi connectivity index (χ4v) is 5.30. The molecule has 12 heteroatoms. The predicted octanol–water partition coefficient (Wildman–Crippen LogP) is 4.81. The largest absolute Gasteiger partial charge is 0.473 e. The van der Waals surface area contributed by atoms with Gasteiger partial charge in [-0.3, -0.25) is 14.6 Å². The Labute approximate surface area is 226 Å². The van der Waals surface area contributed by atoms with Crippen molar-refractivity contribution in [3.63, 3.8) is 0 Å². The van der Waals surface area contributed by atoms with Crippen LogP contribution in [-0.4, -0.2) is 65.7 Å². The molecule has 0 spiro atoms. The second kappa shape index (κ2) is 11.8. The molecule has 1 amide bonds. The van der Waals surface area contributed by atoms with Gasteiger partial charge in [-0.25, -0.2) is 9.59 Å². The van der Waals surface area contributed by atoms with Gasteiger partial charge >= 0.3 is 18.1 Å². The van der Waals surface area contributed by atoms with Crippen LogP contribution in [0.15, 0.2) is 82.6 Å². The number of rotatable bonds is 3. The Morgan fingerprint density at radius 2 is 1.36 bits per heavy atom. The van der Waals surface area contributed by atoms with Crippen molar-refractivity contribution >= 4 is 46.7 Å². The summed E-state index contributed by atoms with van der Waals surface area (Å²) in [7, 11) is 0. The van der Waals surface area contributed by atoms with Gasteiger partial charge < -0.3 is 15.1 Å². The average Bonchev–Trinajstić information content (AvgIpc) is 2.92. The zero-order valence-electron chi connectivity index (χ0n) is 20.5. The summed E-state index contributed by atoms with van der Waals surface area (Å²) >= 11 is 1.39. The number of carboxylic acids is 2. The zero-order chi connectivity index (χ0) is 28.2. The summed E-state index contributed by atoms with van der Waals surface area (Å²) in [4.78, 5) is 39.0. The highest BCUT2D eigenvalue weighted by molar-refractivity contribution is 7.99. The molecule has 2 heterocycles. The molecule has 0 aromatic heterocycles. The highest BCUT2D eigenvalue weighted by Gasteiger charge is 2.35. The summed E-state index contributed by atoms with van der Waals surface area (Å²) in [5.41, 5.74) is 1.32. The number of hydrogen-bond donors (Lipinski definition) is 2. The third kappa shape index (κ3) is 6.70. The Morgan fingerprint density at radius 1 is 0.769 bits per heavy atom. The first-order chi connectivity index (χ1) is 18.5. The SMILES string of the molecule is O=C(CN1CCN(c2ccccc2)CC1)N1c2ccccc2Sc2ccc(C(F)(F)F)cc21.O=C(O)C(=O)O. The van der Waals surface area contributed by atoms with Gasteiger partial charge in [0.1, 0.15) is 0 Å². The van der Waals surface area contributed by atoms with Crippen LogP contribution in [0.4, 0.5) is 30.2 Å². The van der Waals surface area contributed by atoms with Gasteiger partial charge in [-0.05, 0) is 42.5 Å². The summed E-state index contributed by atoms with van der Waals surface area (Å²) in [6, 6.07) is 21.1. The summed E-state index contributed by atoms with van der Waals surface area (Å²) in [6.07, 6.45) is -4.47. The van der Waals surface area contributed by atoms with Crippen LogP contribution in [0.1, 0.15) is 5.56 Å². The Hall–Kier alpha value is -4.03. The number of aliphatic carboxylic acids is 2. The molecule has 1 saturated heterocycles. The van der Waals surface area contributed by atoms with Crippen molar-refractivity contribution in [3.05, 3.63) is 78.4 Å². The molecule has 0 aliphatic carbocycles. The second-order valence-corrected chi connectivity index (χ2v) is 9.77. The number of anilines is 3. The maximum absolute atomic E-state index is 13.5. The second-order valence-electron chi connectivity index (χ2n) is 8.69. The van der Waals surface area contributed by atoms with Crippen molar-refractivity contribution in [2.45, 2.75) is 16.0 Å². The van der Waals surface area contributed by atoms with E-state index < -0.39 is 23.7 Å². The molecule has 3 aromatic rings. The molecule has 1 fully saturated rings. The number of alkyl halides is 3. The van der Waals surface area contributed by atoms with Gasteiger partial charge in [0.15, 0.2) is 0 Å². The predicted molar refractivity (Wildman–Crippen MR) is 140 cm³/mol. The van der Waals surface area contributed by atoms with Crippen LogP contribution < -0.4 is 9.80 Å². The van der Waals surface area contributed by atoms with Crippen molar-refractivity contribution in [2.24, 2.45) is 0 Å². The Kier molecular flexibility index (Phi) is 8.46. The van der Waals surface area contributed by atoms with E-state index in [4.69, 9.17) is 19.8 Å². The molecular weight excluding hydrogens is 535 g/mol. The topological polar surface area (TPSA) is 101 Å². The van der Waals surface area contributed by atoms with E-state index in [9.17, 15) is 18.0 Å². The molecular formula is C27H24F3N3O5S. The summed E-state index contributed by atoms with van der Waals surface area (Å²) in [5, 5.41) is 14.8. The van der Waals surface area contributed by atoms with Crippen molar-refractivity contribution in [2.75, 3.05) is 42.5 Å². The summed E-state index contributed by atoms with van der Waals surface area (Å²) in [6.45, 7) is 3.15. The maximum atomic E-state index is 13.5. The number of carbonyl (C=O) groups is 3. The van der Waals surface area contributed by atoms with E-state index >= 15 is 0 Å². The van der Waals surface area contributed by atoms with E-state index in [0.717, 1.165) is 35.8 Å². The number of piperazine rings is 1. The van der Waals surface area contributed by atoms with Crippen LogP contribution in [0.5, 0.6) is 0 Å². The molecule has 0 saturated carbocycles. The smallest absolute Gasteiger partial charge is 0.416 e. The number of carbonyl (C=O) groups excluding carboxylic acids is 1. The molecule has 0 unspecified atom stereocenters. The molecule has 0 bridgehead atoms. The fourth-order valence-electron chi connectivity index (χ4n) is 4.26.